The fourth-order valence-electron chi connectivity index (χ4n) is 1.49. The van der Waals surface area contributed by atoms with E-state index in [1.54, 1.807) is 12.1 Å². The van der Waals surface area contributed by atoms with E-state index in [0.717, 1.165) is 17.7 Å². The second-order valence-electron chi connectivity index (χ2n) is 3.99. The Bertz CT molecular complexity index is 390. The number of aromatic hydroxyl groups is 1. The van der Waals surface area contributed by atoms with Crippen molar-refractivity contribution < 1.29 is 9.90 Å². The summed E-state index contributed by atoms with van der Waals surface area (Å²) in [6.07, 6.45) is 2.26. The van der Waals surface area contributed by atoms with Crippen molar-refractivity contribution in [3.8, 4) is 5.75 Å². The van der Waals surface area contributed by atoms with Crippen LogP contribution in [-0.4, -0.2) is 34.8 Å². The Kier molecular flexibility index (Phi) is 3.39. The molecule has 1 amide bonds. The second kappa shape index (κ2) is 4.78. The molecule has 16 heavy (non-hydrogen) atoms. The van der Waals surface area contributed by atoms with Crippen LogP contribution in [0.3, 0.4) is 0 Å². The molecule has 0 bridgehead atoms. The van der Waals surface area contributed by atoms with Crippen LogP contribution in [0.4, 0.5) is 0 Å². The van der Waals surface area contributed by atoms with E-state index in [9.17, 15) is 9.90 Å². The third-order valence-corrected chi connectivity index (χ3v) is 3.75. The molecule has 1 aromatic rings. The number of benzene rings is 1. The molecule has 4 heteroatoms. The van der Waals surface area contributed by atoms with Crippen LogP contribution in [-0.2, 0) is 4.79 Å². The third-order valence-electron chi connectivity index (χ3n) is 2.70. The van der Waals surface area contributed by atoms with Gasteiger partial charge in [0.1, 0.15) is 5.75 Å². The van der Waals surface area contributed by atoms with Crippen molar-refractivity contribution in [3.05, 3.63) is 24.3 Å². The lowest BCUT2D eigenvalue weighted by molar-refractivity contribution is -0.127. The summed E-state index contributed by atoms with van der Waals surface area (Å²) >= 11 is 1.39. The summed E-state index contributed by atoms with van der Waals surface area (Å²) in [6, 6.07) is 7.55. The molecular formula is C12H15NO2S. The van der Waals surface area contributed by atoms with Gasteiger partial charge in [-0.15, -0.1) is 11.8 Å². The van der Waals surface area contributed by atoms with Gasteiger partial charge in [-0.1, -0.05) is 12.1 Å². The van der Waals surface area contributed by atoms with Gasteiger partial charge in [-0.05, 0) is 25.0 Å². The maximum Gasteiger partial charge on any atom is 0.232 e. The second-order valence-corrected chi connectivity index (χ2v) is 5.01. The maximum atomic E-state index is 11.7. The molecule has 1 saturated carbocycles. The smallest absolute Gasteiger partial charge is 0.232 e. The number of phenols is 1. The number of phenolic OH excluding ortho intramolecular Hbond substituents is 1. The van der Waals surface area contributed by atoms with Gasteiger partial charge in [0.05, 0.1) is 5.75 Å². The van der Waals surface area contributed by atoms with E-state index in [-0.39, 0.29) is 11.7 Å². The Hall–Kier alpha value is -1.16. The van der Waals surface area contributed by atoms with Gasteiger partial charge in [-0.2, -0.15) is 0 Å². The van der Waals surface area contributed by atoms with E-state index in [1.807, 2.05) is 24.1 Å². The topological polar surface area (TPSA) is 40.5 Å². The normalized spacial score (nSPS) is 14.8. The number of hydrogen-bond acceptors (Lipinski definition) is 3. The van der Waals surface area contributed by atoms with Gasteiger partial charge in [-0.3, -0.25) is 4.79 Å². The molecule has 0 atom stereocenters. The van der Waals surface area contributed by atoms with Gasteiger partial charge in [-0.25, -0.2) is 0 Å². The molecule has 0 saturated heterocycles. The molecule has 0 unspecified atom stereocenters. The highest BCUT2D eigenvalue weighted by molar-refractivity contribution is 8.00. The van der Waals surface area contributed by atoms with Crippen molar-refractivity contribution in [3.63, 3.8) is 0 Å². The fraction of sp³-hybridized carbons (Fsp3) is 0.417. The van der Waals surface area contributed by atoms with Gasteiger partial charge in [0.25, 0.3) is 0 Å². The zero-order valence-electron chi connectivity index (χ0n) is 9.22. The standard InChI is InChI=1S/C12H15NO2S/c1-13(9-6-7-9)12(15)8-16-11-5-3-2-4-10(11)14/h2-5,9,14H,6-8H2,1H3. The minimum Gasteiger partial charge on any atom is -0.507 e. The zero-order chi connectivity index (χ0) is 11.5. The first-order valence-corrected chi connectivity index (χ1v) is 6.33. The Balaban J connectivity index is 1.87. The summed E-state index contributed by atoms with van der Waals surface area (Å²) in [7, 11) is 1.85. The van der Waals surface area contributed by atoms with Crippen molar-refractivity contribution in [2.75, 3.05) is 12.8 Å². The first-order chi connectivity index (χ1) is 7.68. The number of rotatable bonds is 4. The first kappa shape index (κ1) is 11.3. The highest BCUT2D eigenvalue weighted by atomic mass is 32.2. The van der Waals surface area contributed by atoms with Gasteiger partial charge in [0.15, 0.2) is 0 Å². The first-order valence-electron chi connectivity index (χ1n) is 5.35. The highest BCUT2D eigenvalue weighted by Gasteiger charge is 2.29. The minimum absolute atomic E-state index is 0.135. The largest absolute Gasteiger partial charge is 0.507 e. The van der Waals surface area contributed by atoms with E-state index < -0.39 is 0 Å². The van der Waals surface area contributed by atoms with Crippen LogP contribution in [0, 0.1) is 0 Å². The van der Waals surface area contributed by atoms with Crippen LogP contribution < -0.4 is 0 Å². The summed E-state index contributed by atoms with van der Waals surface area (Å²) in [5.41, 5.74) is 0. The Labute approximate surface area is 99.5 Å². The van der Waals surface area contributed by atoms with Gasteiger partial charge < -0.3 is 10.0 Å². The van der Waals surface area contributed by atoms with E-state index >= 15 is 0 Å². The predicted octanol–water partition coefficient (Wildman–Crippen LogP) is 2.11. The van der Waals surface area contributed by atoms with Crippen LogP contribution in [0.15, 0.2) is 29.2 Å². The van der Waals surface area contributed by atoms with Crippen LogP contribution in [0.25, 0.3) is 0 Å². The zero-order valence-corrected chi connectivity index (χ0v) is 10.0. The summed E-state index contributed by atoms with van der Waals surface area (Å²) in [4.78, 5) is 14.3. The molecule has 0 aliphatic heterocycles. The van der Waals surface area contributed by atoms with Gasteiger partial charge in [0, 0.05) is 18.0 Å². The molecule has 86 valence electrons. The van der Waals surface area contributed by atoms with Crippen LogP contribution in [0.5, 0.6) is 5.75 Å². The maximum absolute atomic E-state index is 11.7. The van der Waals surface area contributed by atoms with Gasteiger partial charge in [0.2, 0.25) is 5.91 Å². The SMILES string of the molecule is CN(C(=O)CSc1ccccc1O)C1CC1. The monoisotopic (exact) mass is 237 g/mol. The van der Waals surface area contributed by atoms with Crippen LogP contribution in [0.2, 0.25) is 0 Å². The van der Waals surface area contributed by atoms with Crippen molar-refractivity contribution in [1.29, 1.82) is 0 Å². The van der Waals surface area contributed by atoms with E-state index in [0.29, 0.717) is 11.8 Å². The highest BCUT2D eigenvalue weighted by Crippen LogP contribution is 2.29. The number of carbonyl (C=O) groups excluding carboxylic acids is 1. The molecule has 0 aromatic heterocycles. The molecule has 1 aromatic carbocycles. The lowest BCUT2D eigenvalue weighted by atomic mass is 10.3. The number of hydrogen-bond donors (Lipinski definition) is 1. The number of carbonyl (C=O) groups is 1. The van der Waals surface area contributed by atoms with E-state index in [4.69, 9.17) is 0 Å². The van der Waals surface area contributed by atoms with Gasteiger partial charge >= 0.3 is 0 Å². The average Bonchev–Trinajstić information content (AvgIpc) is 3.10. The number of para-hydroxylation sites is 1. The number of nitrogens with zero attached hydrogens (tertiary/aromatic N) is 1. The summed E-state index contributed by atoms with van der Waals surface area (Å²) in [5, 5.41) is 9.54. The van der Waals surface area contributed by atoms with Crippen molar-refractivity contribution in [1.82, 2.24) is 4.90 Å². The summed E-state index contributed by atoms with van der Waals surface area (Å²) in [5.74, 6) is 0.773. The van der Waals surface area contributed by atoms with Crippen molar-refractivity contribution in [2.24, 2.45) is 0 Å². The lowest BCUT2D eigenvalue weighted by Gasteiger charge is -2.15. The molecule has 3 nitrogen and oxygen atoms in total. The number of thioether (sulfide) groups is 1. The fourth-order valence-corrected chi connectivity index (χ4v) is 2.36. The third kappa shape index (κ3) is 2.70. The van der Waals surface area contributed by atoms with Crippen molar-refractivity contribution >= 4 is 17.7 Å². The van der Waals surface area contributed by atoms with E-state index in [1.165, 1.54) is 11.8 Å². The molecule has 2 rings (SSSR count). The lowest BCUT2D eigenvalue weighted by Crippen LogP contribution is -2.30. The Morgan fingerprint density at radius 1 is 1.50 bits per heavy atom. The molecular weight excluding hydrogens is 222 g/mol. The predicted molar refractivity (Wildman–Crippen MR) is 64.6 cm³/mol. The van der Waals surface area contributed by atoms with E-state index in [2.05, 4.69) is 0 Å². The minimum atomic E-state index is 0.135. The molecule has 1 N–H and O–H groups in total. The molecule has 1 fully saturated rings. The quantitative estimate of drug-likeness (QED) is 0.815. The Morgan fingerprint density at radius 3 is 2.81 bits per heavy atom. The van der Waals surface area contributed by atoms with Crippen LogP contribution in [0.1, 0.15) is 12.8 Å². The Morgan fingerprint density at radius 2 is 2.19 bits per heavy atom. The van der Waals surface area contributed by atoms with Crippen molar-refractivity contribution in [2.45, 2.75) is 23.8 Å². The average molecular weight is 237 g/mol. The molecule has 0 spiro atoms. The van der Waals surface area contributed by atoms with Crippen LogP contribution >= 0.6 is 11.8 Å². The molecule has 1 aliphatic rings. The molecule has 0 radical (unpaired) electrons. The molecule has 1 aliphatic carbocycles. The summed E-state index contributed by atoms with van der Waals surface area (Å²) < 4.78 is 0. The summed E-state index contributed by atoms with van der Waals surface area (Å²) in [6.45, 7) is 0. The number of amides is 1. The molecule has 0 heterocycles.